The Kier molecular flexibility index (Phi) is 1.51. The zero-order valence-corrected chi connectivity index (χ0v) is 4.86. The van der Waals surface area contributed by atoms with Crippen LogP contribution in [0.1, 0.15) is 12.8 Å². The second-order valence-corrected chi connectivity index (χ2v) is 1.89. The first-order valence-corrected chi connectivity index (χ1v) is 2.71. The first-order chi connectivity index (χ1) is 3.83. The summed E-state index contributed by atoms with van der Waals surface area (Å²) in [6.45, 7) is 0. The molecule has 0 saturated carbocycles. The Bertz CT molecular complexity index is 109. The lowest BCUT2D eigenvalue weighted by Gasteiger charge is -1.93. The van der Waals surface area contributed by atoms with Gasteiger partial charge in [-0.05, 0) is 12.5 Å². The molecule has 0 aliphatic heterocycles. The molecule has 0 bridgehead atoms. The molecule has 0 amide bonds. The number of hydrogen-bond donors (Lipinski definition) is 0. The summed E-state index contributed by atoms with van der Waals surface area (Å²) in [5, 5.41) is 0. The number of alkyl halides is 1. The lowest BCUT2D eigenvalue weighted by atomic mass is 10.3. The average Bonchev–Trinajstić information content (AvgIpc) is 2.14. The van der Waals surface area contributed by atoms with Gasteiger partial charge in [0.1, 0.15) is 6.17 Å². The molecule has 0 fully saturated rings. The SMILES string of the molecule is COC1=CC(F)CC1. The van der Waals surface area contributed by atoms with Crippen LogP contribution in [0.15, 0.2) is 11.8 Å². The Morgan fingerprint density at radius 2 is 2.62 bits per heavy atom. The maximum absolute atomic E-state index is 12.2. The summed E-state index contributed by atoms with van der Waals surface area (Å²) >= 11 is 0. The van der Waals surface area contributed by atoms with Crippen LogP contribution in [0.2, 0.25) is 0 Å². The highest BCUT2D eigenvalue weighted by atomic mass is 19.1. The van der Waals surface area contributed by atoms with E-state index in [9.17, 15) is 4.39 Å². The van der Waals surface area contributed by atoms with E-state index in [1.165, 1.54) is 6.08 Å². The van der Waals surface area contributed by atoms with Gasteiger partial charge in [0.05, 0.1) is 12.9 Å². The highest BCUT2D eigenvalue weighted by molar-refractivity contribution is 5.04. The summed E-state index contributed by atoms with van der Waals surface area (Å²) in [4.78, 5) is 0. The fraction of sp³-hybridized carbons (Fsp3) is 0.667. The molecular weight excluding hydrogens is 107 g/mol. The first-order valence-electron chi connectivity index (χ1n) is 2.71. The number of halogens is 1. The third-order valence-electron chi connectivity index (χ3n) is 1.30. The Morgan fingerprint density at radius 3 is 2.88 bits per heavy atom. The number of rotatable bonds is 1. The fourth-order valence-electron chi connectivity index (χ4n) is 0.819. The van der Waals surface area contributed by atoms with Gasteiger partial charge in [-0.15, -0.1) is 0 Å². The number of allylic oxidation sites excluding steroid dienone is 2. The van der Waals surface area contributed by atoms with E-state index in [0.29, 0.717) is 6.42 Å². The van der Waals surface area contributed by atoms with Gasteiger partial charge in [-0.2, -0.15) is 0 Å². The minimum Gasteiger partial charge on any atom is -0.501 e. The molecule has 1 rings (SSSR count). The summed E-state index contributed by atoms with van der Waals surface area (Å²) in [5.41, 5.74) is 0. The summed E-state index contributed by atoms with van der Waals surface area (Å²) in [6.07, 6.45) is 2.13. The summed E-state index contributed by atoms with van der Waals surface area (Å²) in [5.74, 6) is 0.789. The molecule has 1 aliphatic rings. The molecule has 1 unspecified atom stereocenters. The van der Waals surface area contributed by atoms with Crippen LogP contribution in [-0.4, -0.2) is 13.3 Å². The molecule has 0 saturated heterocycles. The van der Waals surface area contributed by atoms with Crippen molar-refractivity contribution in [1.29, 1.82) is 0 Å². The third-order valence-corrected chi connectivity index (χ3v) is 1.30. The van der Waals surface area contributed by atoms with Crippen LogP contribution in [0, 0.1) is 0 Å². The molecule has 1 nitrogen and oxygen atoms in total. The van der Waals surface area contributed by atoms with E-state index >= 15 is 0 Å². The third kappa shape index (κ3) is 0.997. The van der Waals surface area contributed by atoms with Crippen molar-refractivity contribution in [3.05, 3.63) is 11.8 Å². The summed E-state index contributed by atoms with van der Waals surface area (Å²) in [7, 11) is 1.57. The van der Waals surface area contributed by atoms with Crippen LogP contribution in [0.4, 0.5) is 4.39 Å². The molecular formula is C6H9FO. The normalized spacial score (nSPS) is 27.8. The zero-order valence-electron chi connectivity index (χ0n) is 4.86. The number of ether oxygens (including phenoxy) is 1. The van der Waals surface area contributed by atoms with Crippen molar-refractivity contribution >= 4 is 0 Å². The second-order valence-electron chi connectivity index (χ2n) is 1.89. The number of methoxy groups -OCH3 is 1. The van der Waals surface area contributed by atoms with Crippen molar-refractivity contribution in [2.45, 2.75) is 19.0 Å². The van der Waals surface area contributed by atoms with Crippen LogP contribution >= 0.6 is 0 Å². The van der Waals surface area contributed by atoms with Gasteiger partial charge < -0.3 is 4.74 Å². The smallest absolute Gasteiger partial charge is 0.122 e. The van der Waals surface area contributed by atoms with Gasteiger partial charge in [-0.1, -0.05) is 0 Å². The maximum Gasteiger partial charge on any atom is 0.122 e. The fourth-order valence-corrected chi connectivity index (χ4v) is 0.819. The molecule has 8 heavy (non-hydrogen) atoms. The van der Waals surface area contributed by atoms with E-state index < -0.39 is 6.17 Å². The molecule has 0 aromatic heterocycles. The van der Waals surface area contributed by atoms with Gasteiger partial charge in [0, 0.05) is 6.42 Å². The van der Waals surface area contributed by atoms with E-state index in [1.54, 1.807) is 7.11 Å². The molecule has 1 aliphatic carbocycles. The van der Waals surface area contributed by atoms with Gasteiger partial charge >= 0.3 is 0 Å². The number of hydrogen-bond acceptors (Lipinski definition) is 1. The van der Waals surface area contributed by atoms with Gasteiger partial charge in [0.2, 0.25) is 0 Å². The van der Waals surface area contributed by atoms with Crippen molar-refractivity contribution in [2.24, 2.45) is 0 Å². The van der Waals surface area contributed by atoms with Gasteiger partial charge in [-0.25, -0.2) is 4.39 Å². The van der Waals surface area contributed by atoms with Crippen molar-refractivity contribution in [2.75, 3.05) is 7.11 Å². The Hall–Kier alpha value is -0.530. The molecule has 1 atom stereocenters. The molecule has 0 aromatic carbocycles. The van der Waals surface area contributed by atoms with Crippen LogP contribution < -0.4 is 0 Å². The minimum absolute atomic E-state index is 0.600. The molecule has 46 valence electrons. The van der Waals surface area contributed by atoms with Gasteiger partial charge in [-0.3, -0.25) is 0 Å². The molecule has 0 N–H and O–H groups in total. The standard InChI is InChI=1S/C6H9FO/c1-8-6-3-2-5(7)4-6/h4-5H,2-3H2,1H3. The van der Waals surface area contributed by atoms with E-state index in [2.05, 4.69) is 0 Å². The van der Waals surface area contributed by atoms with Crippen molar-refractivity contribution < 1.29 is 9.13 Å². The van der Waals surface area contributed by atoms with Crippen LogP contribution in [-0.2, 0) is 4.74 Å². The lowest BCUT2D eigenvalue weighted by Crippen LogP contribution is -1.83. The topological polar surface area (TPSA) is 9.23 Å². The molecule has 0 radical (unpaired) electrons. The van der Waals surface area contributed by atoms with Gasteiger partial charge in [0.25, 0.3) is 0 Å². The predicted molar refractivity (Wildman–Crippen MR) is 29.2 cm³/mol. The lowest BCUT2D eigenvalue weighted by molar-refractivity contribution is 0.282. The molecule has 2 heteroatoms. The Balaban J connectivity index is 2.44. The Labute approximate surface area is 48.1 Å². The largest absolute Gasteiger partial charge is 0.501 e. The summed E-state index contributed by atoms with van der Waals surface area (Å²) < 4.78 is 17.0. The van der Waals surface area contributed by atoms with E-state index in [-0.39, 0.29) is 0 Å². The first kappa shape index (κ1) is 5.60. The molecule has 0 heterocycles. The van der Waals surface area contributed by atoms with E-state index in [0.717, 1.165) is 12.2 Å². The molecule has 0 aromatic rings. The maximum atomic E-state index is 12.2. The highest BCUT2D eigenvalue weighted by Gasteiger charge is 2.13. The van der Waals surface area contributed by atoms with Gasteiger partial charge in [0.15, 0.2) is 0 Å². The summed E-state index contributed by atoms with van der Waals surface area (Å²) in [6, 6.07) is 0. The van der Waals surface area contributed by atoms with Crippen molar-refractivity contribution in [3.8, 4) is 0 Å². The minimum atomic E-state index is -0.759. The molecule has 0 spiro atoms. The average molecular weight is 116 g/mol. The van der Waals surface area contributed by atoms with E-state index in [1.807, 2.05) is 0 Å². The van der Waals surface area contributed by atoms with Crippen molar-refractivity contribution in [3.63, 3.8) is 0 Å². The van der Waals surface area contributed by atoms with Crippen LogP contribution in [0.3, 0.4) is 0 Å². The Morgan fingerprint density at radius 1 is 1.88 bits per heavy atom. The predicted octanol–water partition coefficient (Wildman–Crippen LogP) is 1.65. The monoisotopic (exact) mass is 116 g/mol. The second kappa shape index (κ2) is 2.16. The van der Waals surface area contributed by atoms with Crippen LogP contribution in [0.25, 0.3) is 0 Å². The van der Waals surface area contributed by atoms with E-state index in [4.69, 9.17) is 4.74 Å². The highest BCUT2D eigenvalue weighted by Crippen LogP contribution is 2.20. The van der Waals surface area contributed by atoms with Crippen molar-refractivity contribution in [1.82, 2.24) is 0 Å². The zero-order chi connectivity index (χ0) is 5.98. The van der Waals surface area contributed by atoms with Crippen LogP contribution in [0.5, 0.6) is 0 Å². The quantitative estimate of drug-likeness (QED) is 0.506.